The fourth-order valence-corrected chi connectivity index (χ4v) is 2.31. The first-order chi connectivity index (χ1) is 9.51. The summed E-state index contributed by atoms with van der Waals surface area (Å²) in [6, 6.07) is 10.4. The highest BCUT2D eigenvalue weighted by Gasteiger charge is 2.07. The van der Waals surface area contributed by atoms with Crippen molar-refractivity contribution in [1.29, 1.82) is 0 Å². The van der Waals surface area contributed by atoms with Gasteiger partial charge in [0.15, 0.2) is 0 Å². The van der Waals surface area contributed by atoms with Crippen molar-refractivity contribution in [2.75, 3.05) is 12.4 Å². The molecule has 0 radical (unpaired) electrons. The maximum atomic E-state index is 6.12. The highest BCUT2D eigenvalue weighted by Crippen LogP contribution is 2.31. The molecule has 2 aromatic rings. The molecule has 106 valence electrons. The summed E-state index contributed by atoms with van der Waals surface area (Å²) in [5.41, 5.74) is 5.85. The second-order valence-corrected chi connectivity index (χ2v) is 5.49. The molecule has 0 bridgehead atoms. The largest absolute Gasteiger partial charge is 0.495 e. The molecule has 0 aliphatic carbocycles. The average molecular weight is 290 g/mol. The molecule has 0 unspecified atom stereocenters. The quantitative estimate of drug-likeness (QED) is 0.865. The monoisotopic (exact) mass is 289 g/mol. The molecule has 0 aliphatic rings. The Morgan fingerprint density at radius 2 is 1.80 bits per heavy atom. The van der Waals surface area contributed by atoms with E-state index in [1.54, 1.807) is 7.11 Å². The van der Waals surface area contributed by atoms with Gasteiger partial charge in [-0.15, -0.1) is 0 Å². The summed E-state index contributed by atoms with van der Waals surface area (Å²) in [4.78, 5) is 0. The smallest absolute Gasteiger partial charge is 0.143 e. The Balaban J connectivity index is 2.22. The van der Waals surface area contributed by atoms with E-state index in [0.29, 0.717) is 0 Å². The minimum Gasteiger partial charge on any atom is -0.495 e. The van der Waals surface area contributed by atoms with E-state index in [9.17, 15) is 0 Å². The summed E-state index contributed by atoms with van der Waals surface area (Å²) in [5.74, 6) is 0.769. The Hall–Kier alpha value is -1.67. The number of aryl methyl sites for hydroxylation is 3. The molecule has 0 spiro atoms. The SMILES string of the molecule is COc1cc(Cl)c(C)cc1NCc1cc(C)ccc1C. The Bertz CT molecular complexity index is 623. The molecule has 1 N–H and O–H groups in total. The molecule has 2 nitrogen and oxygen atoms in total. The Labute approximate surface area is 125 Å². The van der Waals surface area contributed by atoms with Crippen LogP contribution in [0, 0.1) is 20.8 Å². The number of ether oxygens (including phenoxy) is 1. The standard InChI is InChI=1S/C17H20ClNO/c1-11-5-6-12(2)14(7-11)10-19-16-8-13(3)15(18)9-17(16)20-4/h5-9,19H,10H2,1-4H3. The molecular formula is C17H20ClNO. The zero-order chi connectivity index (χ0) is 14.7. The van der Waals surface area contributed by atoms with E-state index in [-0.39, 0.29) is 0 Å². The van der Waals surface area contributed by atoms with Gasteiger partial charge in [-0.3, -0.25) is 0 Å². The molecule has 2 aromatic carbocycles. The van der Waals surface area contributed by atoms with Crippen LogP contribution in [-0.2, 0) is 6.54 Å². The molecule has 0 heterocycles. The van der Waals surface area contributed by atoms with Crippen molar-refractivity contribution >= 4 is 17.3 Å². The van der Waals surface area contributed by atoms with E-state index in [1.165, 1.54) is 16.7 Å². The van der Waals surface area contributed by atoms with Crippen molar-refractivity contribution in [1.82, 2.24) is 0 Å². The van der Waals surface area contributed by atoms with Gasteiger partial charge in [0, 0.05) is 17.6 Å². The lowest BCUT2D eigenvalue weighted by molar-refractivity contribution is 0.416. The predicted octanol–water partition coefficient (Wildman–Crippen LogP) is 4.89. The summed E-state index contributed by atoms with van der Waals surface area (Å²) in [6.07, 6.45) is 0. The first-order valence-corrected chi connectivity index (χ1v) is 7.03. The van der Waals surface area contributed by atoms with Gasteiger partial charge in [-0.25, -0.2) is 0 Å². The molecule has 20 heavy (non-hydrogen) atoms. The Morgan fingerprint density at radius 1 is 1.05 bits per heavy atom. The lowest BCUT2D eigenvalue weighted by atomic mass is 10.1. The van der Waals surface area contributed by atoms with Gasteiger partial charge in [-0.05, 0) is 43.5 Å². The van der Waals surface area contributed by atoms with E-state index in [0.717, 1.165) is 28.6 Å². The molecule has 0 aromatic heterocycles. The highest BCUT2D eigenvalue weighted by atomic mass is 35.5. The fraction of sp³-hybridized carbons (Fsp3) is 0.294. The van der Waals surface area contributed by atoms with Crippen LogP contribution in [0.3, 0.4) is 0 Å². The van der Waals surface area contributed by atoms with Crippen LogP contribution in [0.15, 0.2) is 30.3 Å². The number of hydrogen-bond acceptors (Lipinski definition) is 2. The molecule has 3 heteroatoms. The zero-order valence-electron chi connectivity index (χ0n) is 12.4. The number of methoxy groups -OCH3 is 1. The van der Waals surface area contributed by atoms with E-state index < -0.39 is 0 Å². The first kappa shape index (κ1) is 14.7. The maximum Gasteiger partial charge on any atom is 0.143 e. The molecule has 0 saturated carbocycles. The number of rotatable bonds is 4. The van der Waals surface area contributed by atoms with Crippen LogP contribution in [-0.4, -0.2) is 7.11 Å². The van der Waals surface area contributed by atoms with Gasteiger partial charge in [0.1, 0.15) is 5.75 Å². The first-order valence-electron chi connectivity index (χ1n) is 6.65. The van der Waals surface area contributed by atoms with Gasteiger partial charge in [0.25, 0.3) is 0 Å². The third-order valence-electron chi connectivity index (χ3n) is 3.45. The van der Waals surface area contributed by atoms with E-state index in [1.807, 2.05) is 19.1 Å². The van der Waals surface area contributed by atoms with Crippen LogP contribution in [0.4, 0.5) is 5.69 Å². The molecule has 0 aliphatic heterocycles. The minimum atomic E-state index is 0.721. The van der Waals surface area contributed by atoms with Crippen molar-refractivity contribution in [3.8, 4) is 5.75 Å². The number of halogens is 1. The molecule has 0 saturated heterocycles. The van der Waals surface area contributed by atoms with Crippen LogP contribution in [0.1, 0.15) is 22.3 Å². The van der Waals surface area contributed by atoms with Crippen molar-refractivity contribution in [2.45, 2.75) is 27.3 Å². The zero-order valence-corrected chi connectivity index (χ0v) is 13.1. The number of benzene rings is 2. The van der Waals surface area contributed by atoms with Crippen LogP contribution >= 0.6 is 11.6 Å². The van der Waals surface area contributed by atoms with Crippen LogP contribution < -0.4 is 10.1 Å². The van der Waals surface area contributed by atoms with Crippen molar-refractivity contribution in [3.63, 3.8) is 0 Å². The van der Waals surface area contributed by atoms with Gasteiger partial charge in [-0.1, -0.05) is 35.4 Å². The van der Waals surface area contributed by atoms with Crippen molar-refractivity contribution < 1.29 is 4.74 Å². The van der Waals surface area contributed by atoms with Gasteiger partial charge in [0.05, 0.1) is 12.8 Å². The molecule has 0 atom stereocenters. The number of anilines is 1. The van der Waals surface area contributed by atoms with E-state index in [4.69, 9.17) is 16.3 Å². The highest BCUT2D eigenvalue weighted by molar-refractivity contribution is 6.31. The normalized spacial score (nSPS) is 10.4. The van der Waals surface area contributed by atoms with Crippen LogP contribution in [0.5, 0.6) is 5.75 Å². The molecule has 0 fully saturated rings. The van der Waals surface area contributed by atoms with Gasteiger partial charge in [0.2, 0.25) is 0 Å². The third kappa shape index (κ3) is 3.26. The fourth-order valence-electron chi connectivity index (χ4n) is 2.15. The van der Waals surface area contributed by atoms with Crippen molar-refractivity contribution in [3.05, 3.63) is 57.6 Å². The lowest BCUT2D eigenvalue weighted by Gasteiger charge is -2.14. The summed E-state index contributed by atoms with van der Waals surface area (Å²) < 4.78 is 5.38. The summed E-state index contributed by atoms with van der Waals surface area (Å²) in [5, 5.41) is 4.15. The summed E-state index contributed by atoms with van der Waals surface area (Å²) in [6.45, 7) is 6.99. The van der Waals surface area contributed by atoms with E-state index in [2.05, 4.69) is 37.4 Å². The molecule has 2 rings (SSSR count). The van der Waals surface area contributed by atoms with Crippen molar-refractivity contribution in [2.24, 2.45) is 0 Å². The van der Waals surface area contributed by atoms with Gasteiger partial charge in [-0.2, -0.15) is 0 Å². The van der Waals surface area contributed by atoms with Gasteiger partial charge < -0.3 is 10.1 Å². The Morgan fingerprint density at radius 3 is 2.50 bits per heavy atom. The van der Waals surface area contributed by atoms with Crippen LogP contribution in [0.2, 0.25) is 5.02 Å². The molecular weight excluding hydrogens is 270 g/mol. The molecule has 0 amide bonds. The van der Waals surface area contributed by atoms with E-state index >= 15 is 0 Å². The number of hydrogen-bond donors (Lipinski definition) is 1. The summed E-state index contributed by atoms with van der Waals surface area (Å²) in [7, 11) is 1.66. The van der Waals surface area contributed by atoms with Gasteiger partial charge >= 0.3 is 0 Å². The second kappa shape index (κ2) is 6.19. The third-order valence-corrected chi connectivity index (χ3v) is 3.86. The minimum absolute atomic E-state index is 0.721. The topological polar surface area (TPSA) is 21.3 Å². The predicted molar refractivity (Wildman–Crippen MR) is 86.0 cm³/mol. The maximum absolute atomic E-state index is 6.12. The average Bonchev–Trinajstić information content (AvgIpc) is 2.43. The Kier molecular flexibility index (Phi) is 4.56. The second-order valence-electron chi connectivity index (χ2n) is 5.09. The summed E-state index contributed by atoms with van der Waals surface area (Å²) >= 11 is 6.12. The lowest BCUT2D eigenvalue weighted by Crippen LogP contribution is -2.03. The van der Waals surface area contributed by atoms with Crippen LogP contribution in [0.25, 0.3) is 0 Å². The number of nitrogens with one attached hydrogen (secondary N) is 1.